The second kappa shape index (κ2) is 9.30. The number of halogens is 2. The van der Waals surface area contributed by atoms with Crippen molar-refractivity contribution in [2.75, 3.05) is 19.6 Å². The highest BCUT2D eigenvalue weighted by Gasteiger charge is 2.31. The Labute approximate surface area is 210 Å². The van der Waals surface area contributed by atoms with E-state index in [4.69, 9.17) is 0 Å². The molecule has 0 unspecified atom stereocenters. The lowest BCUT2D eigenvalue weighted by molar-refractivity contribution is -0.133. The van der Waals surface area contributed by atoms with Crippen molar-refractivity contribution in [2.24, 2.45) is 0 Å². The number of hydrogen-bond donors (Lipinski definition) is 1. The summed E-state index contributed by atoms with van der Waals surface area (Å²) in [6, 6.07) is 10.2. The summed E-state index contributed by atoms with van der Waals surface area (Å²) in [6.45, 7) is 5.36. The molecule has 2 aliphatic rings. The molecule has 1 aromatic heterocycles. The molecule has 2 aromatic carbocycles. The molecule has 9 heteroatoms. The Balaban J connectivity index is 1.34. The Kier molecular flexibility index (Phi) is 6.19. The van der Waals surface area contributed by atoms with Gasteiger partial charge < -0.3 is 19.7 Å². The van der Waals surface area contributed by atoms with Gasteiger partial charge in [-0.2, -0.15) is 0 Å². The molecule has 3 heterocycles. The van der Waals surface area contributed by atoms with Gasteiger partial charge in [0.05, 0.1) is 11.6 Å². The number of fused-ring (bicyclic) bond motifs is 2. The second-order valence-corrected chi connectivity index (χ2v) is 9.85. The zero-order valence-corrected chi connectivity index (χ0v) is 20.6. The molecular weight excluding hydrogens is 515 g/mol. The van der Waals surface area contributed by atoms with E-state index in [1.807, 2.05) is 18.2 Å². The molecule has 0 spiro atoms. The highest BCUT2D eigenvalue weighted by molar-refractivity contribution is 9.10. The minimum Gasteiger partial charge on any atom is -0.348 e. The fourth-order valence-electron chi connectivity index (χ4n) is 4.74. The highest BCUT2D eigenvalue weighted by atomic mass is 79.9. The van der Waals surface area contributed by atoms with Gasteiger partial charge in [0.15, 0.2) is 0 Å². The van der Waals surface area contributed by atoms with Crippen LogP contribution in [-0.4, -0.2) is 57.8 Å². The van der Waals surface area contributed by atoms with Crippen molar-refractivity contribution in [2.45, 2.75) is 25.6 Å². The number of carbonyl (C=O) groups excluding carboxylic acids is 3. The van der Waals surface area contributed by atoms with E-state index < -0.39 is 0 Å². The first kappa shape index (κ1) is 23.3. The first-order valence-electron chi connectivity index (χ1n) is 11.4. The summed E-state index contributed by atoms with van der Waals surface area (Å²) >= 11 is 3.48. The van der Waals surface area contributed by atoms with Crippen LogP contribution < -0.4 is 5.32 Å². The molecule has 7 nitrogen and oxygen atoms in total. The molecule has 0 bridgehead atoms. The number of hydrogen-bond acceptors (Lipinski definition) is 3. The van der Waals surface area contributed by atoms with Crippen molar-refractivity contribution in [1.29, 1.82) is 0 Å². The van der Waals surface area contributed by atoms with Gasteiger partial charge in [-0.1, -0.05) is 28.6 Å². The number of aromatic nitrogens is 1. The lowest BCUT2D eigenvalue weighted by Crippen LogP contribution is -2.61. The van der Waals surface area contributed by atoms with E-state index >= 15 is 0 Å². The van der Waals surface area contributed by atoms with E-state index in [9.17, 15) is 18.8 Å². The summed E-state index contributed by atoms with van der Waals surface area (Å²) in [7, 11) is 0. The molecule has 5 rings (SSSR count). The zero-order chi connectivity index (χ0) is 24.7. The van der Waals surface area contributed by atoms with Crippen LogP contribution in [0.5, 0.6) is 0 Å². The molecule has 3 aromatic rings. The molecule has 0 aliphatic carbocycles. The maximum absolute atomic E-state index is 13.6. The van der Waals surface area contributed by atoms with E-state index in [0.29, 0.717) is 38.2 Å². The van der Waals surface area contributed by atoms with Crippen LogP contribution in [0.4, 0.5) is 4.39 Å². The topological polar surface area (TPSA) is 74.6 Å². The number of likely N-dealkylation sites (tertiary alicyclic amines) is 1. The third kappa shape index (κ3) is 4.60. The Morgan fingerprint density at radius 2 is 1.91 bits per heavy atom. The molecule has 1 saturated heterocycles. The monoisotopic (exact) mass is 538 g/mol. The highest BCUT2D eigenvalue weighted by Crippen LogP contribution is 2.28. The fourth-order valence-corrected chi connectivity index (χ4v) is 5.10. The van der Waals surface area contributed by atoms with Crippen LogP contribution in [-0.2, 0) is 29.1 Å². The standard InChI is InChI=1S/C26H24BrFN4O3/c1-2-25(34)32-12-20(13-32)29-24(33)15-31-14-22(21-10-18(27)4-6-23(21)31)26(35)30-8-7-16-9-19(28)5-3-17(16)11-30/h2-6,9-10,14,20H,1,7-8,11-13,15H2,(H,29,33). The van der Waals surface area contributed by atoms with E-state index in [-0.39, 0.29) is 36.1 Å². The van der Waals surface area contributed by atoms with Crippen LogP contribution in [0.25, 0.3) is 10.9 Å². The van der Waals surface area contributed by atoms with Crippen molar-refractivity contribution < 1.29 is 18.8 Å². The van der Waals surface area contributed by atoms with Crippen LogP contribution >= 0.6 is 15.9 Å². The molecular formula is C26H24BrFN4O3. The van der Waals surface area contributed by atoms with E-state index in [0.717, 1.165) is 26.5 Å². The van der Waals surface area contributed by atoms with Gasteiger partial charge in [0.1, 0.15) is 12.4 Å². The van der Waals surface area contributed by atoms with Crippen LogP contribution in [0.3, 0.4) is 0 Å². The van der Waals surface area contributed by atoms with Gasteiger partial charge in [-0.05, 0) is 54.0 Å². The third-order valence-corrected chi connectivity index (χ3v) is 7.08. The number of carbonyl (C=O) groups is 3. The average molecular weight is 539 g/mol. The Morgan fingerprint density at radius 1 is 1.11 bits per heavy atom. The molecule has 35 heavy (non-hydrogen) atoms. The minimum atomic E-state index is -0.267. The Bertz CT molecular complexity index is 1360. The first-order chi connectivity index (χ1) is 16.8. The predicted molar refractivity (Wildman–Crippen MR) is 133 cm³/mol. The fraction of sp³-hybridized carbons (Fsp3) is 0.269. The molecule has 0 radical (unpaired) electrons. The second-order valence-electron chi connectivity index (χ2n) is 8.93. The quantitative estimate of drug-likeness (QED) is 0.506. The van der Waals surface area contributed by atoms with Crippen molar-refractivity contribution in [3.05, 3.63) is 82.2 Å². The lowest BCUT2D eigenvalue weighted by atomic mass is 9.99. The number of nitrogens with one attached hydrogen (secondary N) is 1. The molecule has 3 amide bonds. The van der Waals surface area contributed by atoms with Gasteiger partial charge >= 0.3 is 0 Å². The van der Waals surface area contributed by atoms with Gasteiger partial charge in [-0.25, -0.2) is 4.39 Å². The number of nitrogens with zero attached hydrogens (tertiary/aromatic N) is 3. The smallest absolute Gasteiger partial charge is 0.256 e. The third-order valence-electron chi connectivity index (χ3n) is 6.59. The Morgan fingerprint density at radius 3 is 2.69 bits per heavy atom. The molecule has 1 fully saturated rings. The van der Waals surface area contributed by atoms with Crippen LogP contribution in [0.2, 0.25) is 0 Å². The van der Waals surface area contributed by atoms with Gasteiger partial charge in [-0.15, -0.1) is 0 Å². The van der Waals surface area contributed by atoms with Crippen molar-refractivity contribution in [3.63, 3.8) is 0 Å². The lowest BCUT2D eigenvalue weighted by Gasteiger charge is -2.38. The average Bonchev–Trinajstić information content (AvgIpc) is 3.16. The van der Waals surface area contributed by atoms with Gasteiger partial charge in [0, 0.05) is 47.8 Å². The molecule has 1 N–H and O–H groups in total. The molecule has 0 atom stereocenters. The van der Waals surface area contributed by atoms with Crippen LogP contribution in [0.15, 0.2) is 59.7 Å². The van der Waals surface area contributed by atoms with Gasteiger partial charge in [0.2, 0.25) is 11.8 Å². The zero-order valence-electron chi connectivity index (χ0n) is 19.0. The largest absolute Gasteiger partial charge is 0.348 e. The van der Waals surface area contributed by atoms with Crippen molar-refractivity contribution >= 4 is 44.6 Å². The minimum absolute atomic E-state index is 0.0550. The summed E-state index contributed by atoms with van der Waals surface area (Å²) in [6.07, 6.45) is 3.59. The molecule has 0 saturated carbocycles. The van der Waals surface area contributed by atoms with E-state index in [2.05, 4.69) is 27.8 Å². The molecule has 2 aliphatic heterocycles. The van der Waals surface area contributed by atoms with Crippen molar-refractivity contribution in [1.82, 2.24) is 19.7 Å². The summed E-state index contributed by atoms with van der Waals surface area (Å²) in [5.74, 6) is -0.726. The summed E-state index contributed by atoms with van der Waals surface area (Å²) in [5.41, 5.74) is 3.18. The van der Waals surface area contributed by atoms with Crippen LogP contribution in [0, 0.1) is 5.82 Å². The van der Waals surface area contributed by atoms with Gasteiger partial charge in [-0.3, -0.25) is 14.4 Å². The summed E-state index contributed by atoms with van der Waals surface area (Å²) < 4.78 is 16.2. The predicted octanol–water partition coefficient (Wildman–Crippen LogP) is 3.25. The Hall–Kier alpha value is -3.46. The molecule has 180 valence electrons. The normalized spacial score (nSPS) is 15.5. The number of amides is 3. The number of rotatable bonds is 5. The number of benzene rings is 2. The van der Waals surface area contributed by atoms with Crippen LogP contribution in [0.1, 0.15) is 21.5 Å². The SMILES string of the molecule is C=CC(=O)N1CC(NC(=O)Cn2cc(C(=O)N3CCc4cc(F)ccc4C3)c3cc(Br)ccc32)C1. The maximum Gasteiger partial charge on any atom is 0.256 e. The van der Waals surface area contributed by atoms with E-state index in [1.54, 1.807) is 26.6 Å². The van der Waals surface area contributed by atoms with Gasteiger partial charge in [0.25, 0.3) is 5.91 Å². The van der Waals surface area contributed by atoms with E-state index in [1.165, 1.54) is 18.2 Å². The maximum atomic E-state index is 13.6. The first-order valence-corrected chi connectivity index (χ1v) is 12.2. The summed E-state index contributed by atoms with van der Waals surface area (Å²) in [4.78, 5) is 41.2. The summed E-state index contributed by atoms with van der Waals surface area (Å²) in [5, 5.41) is 3.70. The van der Waals surface area contributed by atoms with Crippen molar-refractivity contribution in [3.8, 4) is 0 Å².